The maximum atomic E-state index is 13.5. The van der Waals surface area contributed by atoms with Crippen LogP contribution in [0.15, 0.2) is 60.7 Å². The second kappa shape index (κ2) is 14.0. The molecule has 1 saturated heterocycles. The minimum absolute atomic E-state index is 0. The number of carbonyl (C=O) groups excluding carboxylic acids is 1. The molecule has 5 rings (SSSR count). The summed E-state index contributed by atoms with van der Waals surface area (Å²) < 4.78 is 99.2. The van der Waals surface area contributed by atoms with E-state index in [1.807, 2.05) is 4.90 Å². The lowest BCUT2D eigenvalue weighted by Gasteiger charge is -2.31. The van der Waals surface area contributed by atoms with Crippen LogP contribution in [0.3, 0.4) is 0 Å². The van der Waals surface area contributed by atoms with Crippen LogP contribution in [0.5, 0.6) is 11.5 Å². The molecule has 0 unspecified atom stereocenters. The quantitative estimate of drug-likeness (QED) is 0.0854. The van der Waals surface area contributed by atoms with Crippen molar-refractivity contribution in [2.75, 3.05) is 36.3 Å². The van der Waals surface area contributed by atoms with Gasteiger partial charge >= 0.3 is 6.18 Å². The highest BCUT2D eigenvalue weighted by Gasteiger charge is 2.36. The highest BCUT2D eigenvalue weighted by atomic mass is 35.5. The number of anilines is 2. The van der Waals surface area contributed by atoms with Crippen molar-refractivity contribution in [1.82, 2.24) is 4.90 Å². The number of piperidine rings is 1. The molecule has 0 atom stereocenters. The summed E-state index contributed by atoms with van der Waals surface area (Å²) in [6, 6.07) is 13.0. The van der Waals surface area contributed by atoms with E-state index in [0.29, 0.717) is 36.9 Å². The van der Waals surface area contributed by atoms with Gasteiger partial charge in [-0.2, -0.15) is 13.2 Å². The van der Waals surface area contributed by atoms with Crippen LogP contribution in [0, 0.1) is 0 Å². The Balaban J connectivity index is 0.00000480. The van der Waals surface area contributed by atoms with Crippen LogP contribution < -0.4 is 14.8 Å². The smallest absolute Gasteiger partial charge is 0.416 e. The normalized spacial score (nSPS) is 16.7. The van der Waals surface area contributed by atoms with Crippen molar-refractivity contribution in [3.63, 3.8) is 0 Å². The number of likely N-dealkylation sites (tertiary alicyclic amines) is 1. The first kappa shape index (κ1) is 35.2. The third-order valence-corrected chi connectivity index (χ3v) is 9.56. The molecule has 1 saturated carbocycles. The zero-order valence-corrected chi connectivity index (χ0v) is 26.1. The standard InChI is InChI=1S/C31H32F5N3O5S.ClH/c32-30(33)12-15-39(16-13-30)14-1-17-44-28-18-21(20-2-5-22(6-3-20)31(34,35)36)4-10-25(28)29(41)37-23-7-11-27(40)26(19-23)38-45(42,43)24-8-9-24;/h2-7,10-11,18-19,24,38,40H,1,8-9,12-17H2,(H,37,41);1H. The Bertz CT molecular complexity index is 1640. The topological polar surface area (TPSA) is 108 Å². The summed E-state index contributed by atoms with van der Waals surface area (Å²) >= 11 is 0. The summed E-state index contributed by atoms with van der Waals surface area (Å²) in [6.07, 6.45) is -3.41. The molecule has 0 aromatic heterocycles. The molecule has 0 bridgehead atoms. The Kier molecular flexibility index (Phi) is 10.7. The molecule has 0 spiro atoms. The molecule has 46 heavy (non-hydrogen) atoms. The second-order valence-electron chi connectivity index (χ2n) is 11.2. The van der Waals surface area contributed by atoms with Gasteiger partial charge in [-0.1, -0.05) is 18.2 Å². The summed E-state index contributed by atoms with van der Waals surface area (Å²) in [6.45, 7) is 1.16. The molecule has 1 aliphatic heterocycles. The first-order chi connectivity index (χ1) is 21.2. The molecule has 15 heteroatoms. The van der Waals surface area contributed by atoms with E-state index < -0.39 is 38.8 Å². The fourth-order valence-electron chi connectivity index (χ4n) is 4.94. The number of rotatable bonds is 11. The maximum absolute atomic E-state index is 13.5. The Morgan fingerprint density at radius 1 is 0.978 bits per heavy atom. The van der Waals surface area contributed by atoms with Crippen LogP contribution in [-0.2, 0) is 16.2 Å². The van der Waals surface area contributed by atoms with E-state index in [-0.39, 0.29) is 73.4 Å². The highest BCUT2D eigenvalue weighted by Crippen LogP contribution is 2.35. The van der Waals surface area contributed by atoms with E-state index in [1.165, 1.54) is 42.5 Å². The number of hydrogen-bond acceptors (Lipinski definition) is 6. The molecular formula is C31H33ClF5N3O5S. The van der Waals surface area contributed by atoms with Gasteiger partial charge in [-0.15, -0.1) is 12.4 Å². The molecule has 1 amide bonds. The molecule has 1 heterocycles. The average molecular weight is 690 g/mol. The van der Waals surface area contributed by atoms with Crippen molar-refractivity contribution in [3.05, 3.63) is 71.8 Å². The van der Waals surface area contributed by atoms with Crippen molar-refractivity contribution in [3.8, 4) is 22.6 Å². The predicted octanol–water partition coefficient (Wildman–Crippen LogP) is 7.16. The Morgan fingerprint density at radius 2 is 1.63 bits per heavy atom. The van der Waals surface area contributed by atoms with E-state index in [2.05, 4.69) is 10.0 Å². The number of ether oxygens (including phenoxy) is 1. The summed E-state index contributed by atoms with van der Waals surface area (Å²) in [7, 11) is -3.68. The first-order valence-corrected chi connectivity index (χ1v) is 16.0. The second-order valence-corrected chi connectivity index (χ2v) is 13.2. The van der Waals surface area contributed by atoms with Crippen LogP contribution >= 0.6 is 12.4 Å². The fourth-order valence-corrected chi connectivity index (χ4v) is 6.34. The summed E-state index contributed by atoms with van der Waals surface area (Å²) in [5.41, 5.74) is 0.337. The van der Waals surface area contributed by atoms with Crippen molar-refractivity contribution >= 4 is 39.7 Å². The number of halogens is 6. The maximum Gasteiger partial charge on any atom is 0.416 e. The Hall–Kier alpha value is -3.62. The van der Waals surface area contributed by atoms with Crippen molar-refractivity contribution in [2.24, 2.45) is 0 Å². The van der Waals surface area contributed by atoms with Crippen LogP contribution in [0.4, 0.5) is 33.3 Å². The fraction of sp³-hybridized carbons (Fsp3) is 0.387. The summed E-state index contributed by atoms with van der Waals surface area (Å²) in [4.78, 5) is 15.3. The van der Waals surface area contributed by atoms with Gasteiger partial charge in [0.05, 0.1) is 28.7 Å². The SMILES string of the molecule is Cl.O=C(Nc1ccc(O)c(NS(=O)(=O)C2CC2)c1)c1ccc(-c2ccc(C(F)(F)F)cc2)cc1OCCCN1CCC(F)(F)CC1. The molecule has 8 nitrogen and oxygen atoms in total. The van der Waals surface area contributed by atoms with Gasteiger partial charge in [-0.3, -0.25) is 9.52 Å². The highest BCUT2D eigenvalue weighted by molar-refractivity contribution is 7.93. The van der Waals surface area contributed by atoms with Gasteiger partial charge in [0.1, 0.15) is 11.5 Å². The van der Waals surface area contributed by atoms with Crippen LogP contribution in [-0.4, -0.2) is 61.7 Å². The summed E-state index contributed by atoms with van der Waals surface area (Å²) in [5, 5.41) is 12.3. The third kappa shape index (κ3) is 9.01. The van der Waals surface area contributed by atoms with Crippen molar-refractivity contribution < 1.29 is 45.0 Å². The van der Waals surface area contributed by atoms with Crippen LogP contribution in [0.1, 0.15) is 48.0 Å². The number of sulfonamides is 1. The van der Waals surface area contributed by atoms with Gasteiger partial charge < -0.3 is 20.1 Å². The van der Waals surface area contributed by atoms with E-state index in [9.17, 15) is 40.3 Å². The number of benzene rings is 3. The lowest BCUT2D eigenvalue weighted by molar-refractivity contribution is -0.137. The molecule has 3 aromatic rings. The zero-order valence-electron chi connectivity index (χ0n) is 24.4. The molecular weight excluding hydrogens is 657 g/mol. The van der Waals surface area contributed by atoms with E-state index >= 15 is 0 Å². The van der Waals surface area contributed by atoms with Crippen molar-refractivity contribution in [2.45, 2.75) is 49.5 Å². The van der Waals surface area contributed by atoms with Gasteiger partial charge in [0, 0.05) is 38.2 Å². The molecule has 2 aliphatic rings. The lowest BCUT2D eigenvalue weighted by atomic mass is 10.0. The Morgan fingerprint density at radius 3 is 2.26 bits per heavy atom. The number of hydrogen-bond donors (Lipinski definition) is 3. The van der Waals surface area contributed by atoms with Crippen LogP contribution in [0.2, 0.25) is 0 Å². The number of alkyl halides is 5. The monoisotopic (exact) mass is 689 g/mol. The van der Waals surface area contributed by atoms with Gasteiger partial charge in [0.25, 0.3) is 11.8 Å². The van der Waals surface area contributed by atoms with Gasteiger partial charge in [0.2, 0.25) is 10.0 Å². The summed E-state index contributed by atoms with van der Waals surface area (Å²) in [5.74, 6) is -3.46. The molecule has 0 radical (unpaired) electrons. The number of carbonyl (C=O) groups is 1. The number of phenolic OH excluding ortho intramolecular Hbond substituents is 1. The molecule has 2 fully saturated rings. The van der Waals surface area contributed by atoms with E-state index in [1.54, 1.807) is 6.07 Å². The van der Waals surface area contributed by atoms with E-state index in [0.717, 1.165) is 12.1 Å². The molecule has 3 N–H and O–H groups in total. The Labute approximate surface area is 269 Å². The minimum atomic E-state index is -4.50. The molecule has 250 valence electrons. The first-order valence-electron chi connectivity index (χ1n) is 14.4. The predicted molar refractivity (Wildman–Crippen MR) is 166 cm³/mol. The number of amides is 1. The van der Waals surface area contributed by atoms with Gasteiger partial charge in [-0.25, -0.2) is 17.2 Å². The number of nitrogens with zero attached hydrogens (tertiary/aromatic N) is 1. The molecule has 1 aliphatic carbocycles. The molecule has 3 aromatic carbocycles. The lowest BCUT2D eigenvalue weighted by Crippen LogP contribution is -2.40. The van der Waals surface area contributed by atoms with Crippen LogP contribution in [0.25, 0.3) is 11.1 Å². The zero-order chi connectivity index (χ0) is 32.4. The minimum Gasteiger partial charge on any atom is -0.506 e. The third-order valence-electron chi connectivity index (χ3n) is 7.71. The van der Waals surface area contributed by atoms with Crippen molar-refractivity contribution in [1.29, 1.82) is 0 Å². The van der Waals surface area contributed by atoms with Gasteiger partial charge in [0.15, 0.2) is 0 Å². The van der Waals surface area contributed by atoms with E-state index in [4.69, 9.17) is 4.74 Å². The number of aromatic hydroxyl groups is 1. The number of nitrogens with one attached hydrogen (secondary N) is 2. The number of phenols is 1. The average Bonchev–Trinajstić information content (AvgIpc) is 3.84. The largest absolute Gasteiger partial charge is 0.506 e. The van der Waals surface area contributed by atoms with Gasteiger partial charge in [-0.05, 0) is 72.9 Å².